The standard InChI is InChI=1S/C25H26N4O3S.C17H21BN2O3S.C14H17BrN2O2.B62.B3H3/c30-23(11-15-6-9-32-10-7-15)29-8-5-19-21(29)12-18(14-26-19)17-3-4-20-22(13-17)33-25(27-20)28-24(31)16-1-2-16;1-16(2)17(3,4)23-18(22-16)11-7-8-12-13(9-11)24-15(19-12)20-14(21)10-5-6-10;15-11-8-13-12(16-9-11)1-4-17(13)14(18)7-10-2-5-19-6-3-10;1-33(2)49(34(3)4)57(50(35(5)6)36(7)8)61(58(51(37(9)10)38(11)12)52(39(13)14)40(15)16)62(59(53(41(17)18)42(19)20)54(43(21)22)44(23)24)60(55(45(25)26)46(27)28)56(47(29)30)48(31)32;1-3-2/h3-4,12-16H,1-2,5-11H2,(H,27,28,31);7-10H,5-6H2,1-4H3,(H,19,20,21);8-10H,1-7H2;;1H3/q;;;;-1. The smallest absolute Gasteiger partial charge is 0.399 e. The summed E-state index contributed by atoms with van der Waals surface area (Å²) in [6.07, 6.45) is -29.4. The summed E-state index contributed by atoms with van der Waals surface area (Å²) in [5.41, 5.74) is 7.97. The van der Waals surface area contributed by atoms with Gasteiger partial charge in [0.2, 0.25) is 23.6 Å². The summed E-state index contributed by atoms with van der Waals surface area (Å²) in [6.45, 7) is 12.7. The van der Waals surface area contributed by atoms with Crippen LogP contribution < -0.4 is 25.9 Å². The summed E-state index contributed by atoms with van der Waals surface area (Å²) in [7, 11) is 218. The third kappa shape index (κ3) is 32.8. The molecule has 13 rings (SSSR count). The second-order valence-electron chi connectivity index (χ2n) is 39.3. The average Bonchev–Trinajstić information content (AvgIpc) is 1.65. The highest BCUT2D eigenvalue weighted by Crippen LogP contribution is 2.41. The summed E-state index contributed by atoms with van der Waals surface area (Å²) in [4.78, 5) is 71.4. The number of thiazole rings is 2. The molecule has 67 radical (unpaired) electrons. The Kier molecular flexibility index (Phi) is 49.2. The summed E-state index contributed by atoms with van der Waals surface area (Å²) in [5, 5.41) is 7.17. The first kappa shape index (κ1) is 123. The number of hydrogen-bond donors (Lipinski definition) is 2. The van der Waals surface area contributed by atoms with Gasteiger partial charge in [-0.15, -0.1) is 0 Å². The highest BCUT2D eigenvalue weighted by Gasteiger charge is 2.64. The van der Waals surface area contributed by atoms with E-state index < -0.39 is 192 Å². The third-order valence-corrected chi connectivity index (χ3v) is 31.0. The average molecular weight is 1840 g/mol. The first-order chi connectivity index (χ1) is 66.2. The van der Waals surface area contributed by atoms with Crippen LogP contribution in [0.15, 0.2) is 65.4 Å². The molecule has 3 saturated heterocycles. The number of aromatic nitrogens is 4. The highest BCUT2D eigenvalue weighted by atomic mass is 79.9. The van der Waals surface area contributed by atoms with E-state index in [2.05, 4.69) is 58.6 Å². The number of fused-ring (bicyclic) bond motifs is 4. The van der Waals surface area contributed by atoms with Gasteiger partial charge in [0.05, 0.1) is 54.4 Å². The van der Waals surface area contributed by atoms with E-state index >= 15 is 0 Å². The predicted octanol–water partition coefficient (Wildman–Crippen LogP) is -15.6. The van der Waals surface area contributed by atoms with E-state index in [0.29, 0.717) is 49.2 Å². The Morgan fingerprint density at radius 2 is 0.695 bits per heavy atom. The second kappa shape index (κ2) is 56.2. The van der Waals surface area contributed by atoms with Crippen molar-refractivity contribution in [2.45, 2.75) is 116 Å². The molecule has 2 aliphatic carbocycles. The van der Waals surface area contributed by atoms with Gasteiger partial charge in [0.15, 0.2) is 10.3 Å². The highest BCUT2D eigenvalue weighted by molar-refractivity contribution is 9.10. The molecule has 141 heavy (non-hydrogen) atoms. The molecule has 6 aromatic rings. The molecule has 0 bridgehead atoms. The molecule has 9 heterocycles. The van der Waals surface area contributed by atoms with E-state index in [9.17, 15) is 19.2 Å². The van der Waals surface area contributed by atoms with E-state index in [1.54, 1.807) is 13.3 Å². The van der Waals surface area contributed by atoms with Crippen molar-refractivity contribution < 1.29 is 38.0 Å². The van der Waals surface area contributed by atoms with Crippen LogP contribution in [0.1, 0.15) is 103 Å². The van der Waals surface area contributed by atoms with Gasteiger partial charge in [-0.25, -0.2) is 9.97 Å². The quantitative estimate of drug-likeness (QED) is 0.0348. The fourth-order valence-electron chi connectivity index (χ4n) is 20.9. The van der Waals surface area contributed by atoms with Crippen LogP contribution in [0, 0.1) is 23.7 Å². The Morgan fingerprint density at radius 3 is 1.00 bits per heavy atom. The lowest BCUT2D eigenvalue weighted by atomic mass is 8.22. The van der Waals surface area contributed by atoms with E-state index in [0.717, 1.165) is 161 Å². The van der Waals surface area contributed by atoms with Crippen LogP contribution in [0.5, 0.6) is 0 Å². The number of amides is 4. The van der Waals surface area contributed by atoms with Gasteiger partial charge in [0, 0.05) is 539 Å². The van der Waals surface area contributed by atoms with Gasteiger partial charge in [0.1, 0.15) is 0 Å². The van der Waals surface area contributed by atoms with Crippen LogP contribution in [-0.2, 0) is 50.8 Å². The van der Waals surface area contributed by atoms with E-state index in [-0.39, 0.29) is 53.8 Å². The zero-order valence-corrected chi connectivity index (χ0v) is 83.7. The van der Waals surface area contributed by atoms with Gasteiger partial charge in [-0.05, 0) is 162 Å². The van der Waals surface area contributed by atoms with E-state index in [4.69, 9.17) is 274 Å². The van der Waals surface area contributed by atoms with Crippen LogP contribution in [0.2, 0.25) is 0 Å². The van der Waals surface area contributed by atoms with Crippen molar-refractivity contribution in [3.63, 3.8) is 0 Å². The number of pyridine rings is 2. The first-order valence-corrected chi connectivity index (χ1v) is 49.9. The molecule has 4 amide bonds. The molecular weight excluding hydrogens is 1770 g/mol. The number of nitrogens with one attached hydrogen (secondary N) is 2. The van der Waals surface area contributed by atoms with Gasteiger partial charge in [-0.3, -0.25) is 29.1 Å². The SMILES string of the molecule is CC1(C)OB(c2ccc3nc(NC(=O)C4CC4)sc3c2)OC1(C)C.O=C(CC1CCOCC1)N1CCc2ncc(Br)cc21.O=C(Nc1nc2ccc(-c3cnc4c(c3)N(C(=O)CC3CCOCC3)CC4)cc2s1)C1CC1.[B]B([B])B(B([B])[B])B(B(B([B])[B])B([B])[B])B(B(B(B([B])[B])B([B])[B])B(B([B])[B])B([B])[B])B(B(B(B([B])[B])B([B])[B])B(B([B])[B])B([B])[B])B(B(B([B])[B])B([B])[B])B(B([B])[B])B([B])[B].[B][B][BH3-]. The van der Waals surface area contributed by atoms with Gasteiger partial charge >= 0.3 is 7.12 Å². The van der Waals surface area contributed by atoms with Crippen LogP contribution in [0.25, 0.3) is 31.6 Å². The number of benzene rings is 2. The second-order valence-corrected chi connectivity index (χ2v) is 42.3. The van der Waals surface area contributed by atoms with E-state index in [1.807, 2.05) is 80.1 Å². The number of carbonyl (C=O) groups excluding carboxylic acids is 4. The lowest BCUT2D eigenvalue weighted by Crippen LogP contribution is -2.97. The molecule has 597 valence electrons. The summed E-state index contributed by atoms with van der Waals surface area (Å²) < 4.78 is 25.9. The molecule has 7 aliphatic rings. The number of nitrogens with zero attached hydrogens (tertiary/aromatic N) is 6. The van der Waals surface area contributed by atoms with Crippen molar-refractivity contribution in [1.29, 1.82) is 0 Å². The monoisotopic (exact) mass is 1850 g/mol. The van der Waals surface area contributed by atoms with Crippen LogP contribution in [0.3, 0.4) is 0 Å². The molecule has 4 aromatic heterocycles. The van der Waals surface area contributed by atoms with Gasteiger partial charge in [0.25, 0.3) is 0 Å². The number of hydrogen-bond acceptors (Lipinski definition) is 14. The van der Waals surface area contributed by atoms with Crippen molar-refractivity contribution in [2.75, 3.05) is 60.0 Å². The predicted molar refractivity (Wildman–Crippen MR) is 679 cm³/mol. The number of halogens is 1. The van der Waals surface area contributed by atoms with Crippen LogP contribution in [-0.4, -0.2) is 563 Å². The maximum Gasteiger partial charge on any atom is 0.494 e. The largest absolute Gasteiger partial charge is 0.494 e. The number of rotatable bonds is 39. The molecule has 85 heteroatoms. The third-order valence-electron chi connectivity index (χ3n) is 28.7. The lowest BCUT2D eigenvalue weighted by molar-refractivity contribution is -0.120. The maximum atomic E-state index is 13.1. The fourth-order valence-corrected chi connectivity index (χ4v) is 23.1. The molecule has 16 nitrogen and oxygen atoms in total. The fraction of sp³-hybridized carbons (Fsp3) is 0.500. The zero-order valence-electron chi connectivity index (χ0n) is 80.5. The van der Waals surface area contributed by atoms with Crippen molar-refractivity contribution in [3.8, 4) is 11.1 Å². The van der Waals surface area contributed by atoms with Crippen molar-refractivity contribution in [3.05, 3.63) is 76.8 Å². The number of ether oxygens (including phenoxy) is 2. The Balaban J connectivity index is 0.000000230. The van der Waals surface area contributed by atoms with Gasteiger partial charge in [-0.1, -0.05) is 42.5 Å². The molecule has 2 N–H and O–H groups in total. The van der Waals surface area contributed by atoms with Gasteiger partial charge in [-0.2, -0.15) is 7.06 Å². The minimum Gasteiger partial charge on any atom is -0.399 e. The molecule has 5 aliphatic heterocycles. The molecule has 0 spiro atoms. The zero-order chi connectivity index (χ0) is 105. The summed E-state index contributed by atoms with van der Waals surface area (Å²) in [5.74, 6) is 1.79. The molecular formula is C56H67B66BrN8O8S2-. The minimum atomic E-state index is -1.56. The summed E-state index contributed by atoms with van der Waals surface area (Å²) in [6, 6.07) is 16.2. The number of anilines is 4. The first-order valence-electron chi connectivity index (χ1n) is 47.5. The van der Waals surface area contributed by atoms with Crippen molar-refractivity contribution in [2.24, 2.45) is 23.7 Å². The van der Waals surface area contributed by atoms with Crippen molar-refractivity contribution in [1.82, 2.24) is 19.9 Å². The molecule has 2 aromatic carbocycles. The Hall–Kier alpha value is -0.994. The van der Waals surface area contributed by atoms with Crippen LogP contribution in [0.4, 0.5) is 21.6 Å². The molecule has 2 saturated carbocycles. The molecule has 5 fully saturated rings. The Morgan fingerprint density at radius 1 is 0.411 bits per heavy atom. The van der Waals surface area contributed by atoms with Crippen molar-refractivity contribution >= 4 is 579 Å². The normalized spacial score (nSPS) is 15.1. The minimum absolute atomic E-state index is 0.0719. The summed E-state index contributed by atoms with van der Waals surface area (Å²) >= 11 is 6.40. The maximum absolute atomic E-state index is 13.1. The topological polar surface area (TPSA) is 187 Å². The number of carbonyl (C=O) groups is 4. The Labute approximate surface area is 915 Å². The lowest BCUT2D eigenvalue weighted by Gasteiger charge is -2.59. The molecule has 0 unspecified atom stereocenters. The Bertz CT molecular complexity index is 4650. The molecule has 0 atom stereocenters. The van der Waals surface area contributed by atoms with Gasteiger partial charge < -0.3 is 39.2 Å². The van der Waals surface area contributed by atoms with Crippen LogP contribution >= 0.6 is 38.6 Å². The van der Waals surface area contributed by atoms with E-state index in [1.165, 1.54) is 22.7 Å².